The van der Waals surface area contributed by atoms with E-state index in [1.165, 1.54) is 12.8 Å². The first kappa shape index (κ1) is 22.9. The van der Waals surface area contributed by atoms with Crippen molar-refractivity contribution in [1.29, 1.82) is 0 Å². The molecule has 0 aromatic carbocycles. The Morgan fingerprint density at radius 2 is 1.82 bits per heavy atom. The number of cyclic esters (lactones) is 1. The molecule has 2 fully saturated rings. The van der Waals surface area contributed by atoms with Gasteiger partial charge in [0.25, 0.3) is 0 Å². The van der Waals surface area contributed by atoms with Gasteiger partial charge in [-0.2, -0.15) is 0 Å². The van der Waals surface area contributed by atoms with Crippen LogP contribution >= 0.6 is 0 Å². The minimum atomic E-state index is -0.223. The van der Waals surface area contributed by atoms with E-state index in [2.05, 4.69) is 59.8 Å². The van der Waals surface area contributed by atoms with Gasteiger partial charge in [0.2, 0.25) is 0 Å². The van der Waals surface area contributed by atoms with Gasteiger partial charge in [0.1, 0.15) is 11.5 Å². The van der Waals surface area contributed by atoms with Crippen LogP contribution in [0.3, 0.4) is 0 Å². The molecule has 0 amide bonds. The Kier molecular flexibility index (Phi) is 4.89. The van der Waals surface area contributed by atoms with Crippen LogP contribution in [0.4, 0.5) is 0 Å². The van der Waals surface area contributed by atoms with Crippen molar-refractivity contribution in [3.8, 4) is 0 Å². The number of hydrogen-bond acceptors (Lipinski definition) is 3. The predicted octanol–water partition coefficient (Wildman–Crippen LogP) is 7.10. The number of ketones is 1. The van der Waals surface area contributed by atoms with E-state index < -0.39 is 0 Å². The standard InChI is InChI=1S/C30H40O3/c1-18-16-20(33-26(18)32)17-19(2)29(6)14-11-23-21-8-9-24-27(3,4)25(31)12-13-28(24,5)22(21)10-15-30(23,29)7/h8,11,16-17,19,22,24H,9-10,12-15H2,1-7H3/t19-,22-,24+,28-,29+,30-/m1/s1. The first-order valence-corrected chi connectivity index (χ1v) is 12.9. The summed E-state index contributed by atoms with van der Waals surface area (Å²) in [5, 5.41) is 0. The Morgan fingerprint density at radius 3 is 2.48 bits per heavy atom. The minimum absolute atomic E-state index is 0.0808. The minimum Gasteiger partial charge on any atom is -0.423 e. The van der Waals surface area contributed by atoms with Crippen molar-refractivity contribution < 1.29 is 14.3 Å². The monoisotopic (exact) mass is 448 g/mol. The van der Waals surface area contributed by atoms with Crippen molar-refractivity contribution in [2.24, 2.45) is 39.4 Å². The van der Waals surface area contributed by atoms with Gasteiger partial charge in [-0.3, -0.25) is 4.79 Å². The van der Waals surface area contributed by atoms with Gasteiger partial charge in [0.15, 0.2) is 0 Å². The van der Waals surface area contributed by atoms with Gasteiger partial charge in [-0.1, -0.05) is 53.7 Å². The molecule has 0 radical (unpaired) electrons. The lowest BCUT2D eigenvalue weighted by atomic mass is 9.43. The van der Waals surface area contributed by atoms with Gasteiger partial charge in [-0.25, -0.2) is 4.79 Å². The molecule has 1 heterocycles. The topological polar surface area (TPSA) is 43.4 Å². The normalized spacial score (nSPS) is 43.7. The Balaban J connectivity index is 1.47. The van der Waals surface area contributed by atoms with Crippen LogP contribution in [-0.4, -0.2) is 11.8 Å². The van der Waals surface area contributed by atoms with Crippen molar-refractivity contribution in [1.82, 2.24) is 0 Å². The van der Waals surface area contributed by atoms with Crippen molar-refractivity contribution in [2.75, 3.05) is 0 Å². The van der Waals surface area contributed by atoms with Crippen molar-refractivity contribution in [2.45, 2.75) is 87.0 Å². The molecule has 2 saturated carbocycles. The Bertz CT molecular complexity index is 1050. The van der Waals surface area contributed by atoms with E-state index in [1.807, 2.05) is 13.0 Å². The van der Waals surface area contributed by atoms with Crippen LogP contribution in [0, 0.1) is 39.4 Å². The molecule has 3 heteroatoms. The Morgan fingerprint density at radius 1 is 1.09 bits per heavy atom. The summed E-state index contributed by atoms with van der Waals surface area (Å²) in [6, 6.07) is 0. The second-order valence-corrected chi connectivity index (χ2v) is 12.8. The van der Waals surface area contributed by atoms with Crippen LogP contribution in [0.5, 0.6) is 0 Å². The fourth-order valence-corrected chi connectivity index (χ4v) is 8.46. The van der Waals surface area contributed by atoms with Gasteiger partial charge in [0.05, 0.1) is 0 Å². The molecule has 5 aliphatic rings. The highest BCUT2D eigenvalue weighted by Gasteiger charge is 2.61. The lowest BCUT2D eigenvalue weighted by Gasteiger charge is -2.60. The van der Waals surface area contributed by atoms with Crippen LogP contribution in [0.25, 0.3) is 0 Å². The maximum absolute atomic E-state index is 12.8. The van der Waals surface area contributed by atoms with E-state index >= 15 is 0 Å². The van der Waals surface area contributed by atoms with Crippen molar-refractivity contribution in [3.63, 3.8) is 0 Å². The zero-order valence-corrected chi connectivity index (χ0v) is 21.5. The third kappa shape index (κ3) is 2.93. The summed E-state index contributed by atoms with van der Waals surface area (Å²) in [6.07, 6.45) is 15.3. The zero-order valence-electron chi connectivity index (χ0n) is 21.5. The summed E-state index contributed by atoms with van der Waals surface area (Å²) in [5.74, 6) is 2.22. The molecule has 3 nitrogen and oxygen atoms in total. The zero-order chi connectivity index (χ0) is 24.0. The molecule has 0 spiro atoms. The lowest BCUT2D eigenvalue weighted by Crippen LogP contribution is -2.54. The van der Waals surface area contributed by atoms with E-state index in [9.17, 15) is 9.59 Å². The van der Waals surface area contributed by atoms with Gasteiger partial charge in [-0.05, 0) is 96.3 Å². The number of hydrogen-bond donors (Lipinski definition) is 0. The highest BCUT2D eigenvalue weighted by atomic mass is 16.5. The molecule has 0 N–H and O–H groups in total. The van der Waals surface area contributed by atoms with Gasteiger partial charge < -0.3 is 4.74 Å². The third-order valence-corrected chi connectivity index (χ3v) is 11.2. The number of esters is 1. The lowest BCUT2D eigenvalue weighted by molar-refractivity contribution is -0.143. The third-order valence-electron chi connectivity index (χ3n) is 11.2. The summed E-state index contributed by atoms with van der Waals surface area (Å²) >= 11 is 0. The smallest absolute Gasteiger partial charge is 0.339 e. The summed E-state index contributed by atoms with van der Waals surface area (Å²) in [5.41, 5.74) is 4.00. The number of carbonyl (C=O) groups excluding carboxylic acids is 2. The summed E-state index contributed by atoms with van der Waals surface area (Å²) < 4.78 is 5.48. The average molecular weight is 449 g/mol. The van der Waals surface area contributed by atoms with Crippen LogP contribution in [0.1, 0.15) is 87.0 Å². The quantitative estimate of drug-likeness (QED) is 0.423. The number of ether oxygens (including phenoxy) is 1. The molecule has 4 aliphatic carbocycles. The van der Waals surface area contributed by atoms with Crippen LogP contribution in [-0.2, 0) is 14.3 Å². The van der Waals surface area contributed by atoms with Crippen molar-refractivity contribution >= 4 is 11.8 Å². The number of Topliss-reactive ketones (excluding diaryl/α,β-unsaturated/α-hetero) is 1. The SMILES string of the molecule is CC1=CC(=C[C@@H](C)[C@]2(C)CC=C3C4=CC[C@H]5C(C)(C)C(=O)CC[C@]5(C)[C@@H]4CC[C@]32C)OC1=O. The highest BCUT2D eigenvalue weighted by molar-refractivity contribution is 5.92. The molecular formula is C30H40O3. The average Bonchev–Trinajstić information content (AvgIpc) is 3.21. The molecule has 5 rings (SSSR count). The molecule has 0 unspecified atom stereocenters. The van der Waals surface area contributed by atoms with Gasteiger partial charge in [0, 0.05) is 17.4 Å². The molecule has 1 aliphatic heterocycles. The number of rotatable bonds is 2. The van der Waals surface area contributed by atoms with E-state index in [-0.39, 0.29) is 33.5 Å². The molecule has 6 atom stereocenters. The van der Waals surface area contributed by atoms with E-state index in [0.717, 1.165) is 25.7 Å². The number of allylic oxidation sites excluding steroid dienone is 6. The fraction of sp³-hybridized carbons (Fsp3) is 0.667. The van der Waals surface area contributed by atoms with E-state index in [0.29, 0.717) is 29.0 Å². The Labute approximate surface area is 199 Å². The van der Waals surface area contributed by atoms with Gasteiger partial charge in [-0.15, -0.1) is 0 Å². The number of carbonyl (C=O) groups is 2. The molecular weight excluding hydrogens is 408 g/mol. The Hall–Kier alpha value is -1.90. The largest absolute Gasteiger partial charge is 0.423 e. The molecule has 0 saturated heterocycles. The second-order valence-electron chi connectivity index (χ2n) is 12.8. The molecule has 0 bridgehead atoms. The second kappa shape index (κ2) is 7.06. The summed E-state index contributed by atoms with van der Waals surface area (Å²) in [4.78, 5) is 24.6. The first-order valence-electron chi connectivity index (χ1n) is 12.9. The summed E-state index contributed by atoms with van der Waals surface area (Å²) in [6.45, 7) is 15.9. The predicted molar refractivity (Wildman–Crippen MR) is 131 cm³/mol. The highest BCUT2D eigenvalue weighted by Crippen LogP contribution is 2.69. The molecule has 0 aromatic rings. The first-order chi connectivity index (χ1) is 15.3. The molecule has 178 valence electrons. The van der Waals surface area contributed by atoms with Gasteiger partial charge >= 0.3 is 5.97 Å². The van der Waals surface area contributed by atoms with Crippen molar-refractivity contribution in [3.05, 3.63) is 46.8 Å². The molecule has 33 heavy (non-hydrogen) atoms. The van der Waals surface area contributed by atoms with Crippen LogP contribution in [0.2, 0.25) is 0 Å². The fourth-order valence-electron chi connectivity index (χ4n) is 8.46. The van der Waals surface area contributed by atoms with E-state index in [4.69, 9.17) is 4.74 Å². The molecule has 0 aromatic heterocycles. The maximum atomic E-state index is 12.8. The van der Waals surface area contributed by atoms with Crippen LogP contribution in [0.15, 0.2) is 46.8 Å². The van der Waals surface area contributed by atoms with Crippen LogP contribution < -0.4 is 0 Å². The maximum Gasteiger partial charge on any atom is 0.339 e. The van der Waals surface area contributed by atoms with E-state index in [1.54, 1.807) is 11.1 Å². The summed E-state index contributed by atoms with van der Waals surface area (Å²) in [7, 11) is 0. The number of fused-ring (bicyclic) bond motifs is 5.